The third-order valence-corrected chi connectivity index (χ3v) is 6.29. The van der Waals surface area contributed by atoms with Crippen molar-refractivity contribution in [3.8, 4) is 0 Å². The summed E-state index contributed by atoms with van der Waals surface area (Å²) in [6.07, 6.45) is -6.71. The number of rotatable bonds is 3. The second kappa shape index (κ2) is 6.55. The Morgan fingerprint density at radius 1 is 1.11 bits per heavy atom. The number of nitrogens with one attached hydrogen (secondary N) is 2. The Kier molecular flexibility index (Phi) is 4.74. The summed E-state index contributed by atoms with van der Waals surface area (Å²) >= 11 is 0. The molecule has 0 saturated heterocycles. The van der Waals surface area contributed by atoms with Gasteiger partial charge in [0.1, 0.15) is 4.90 Å². The molecule has 1 unspecified atom stereocenters. The number of sulfonamides is 2. The Balaban J connectivity index is 2.16. The average Bonchev–Trinajstić information content (AvgIpc) is 2.58. The van der Waals surface area contributed by atoms with Crippen molar-refractivity contribution in [3.63, 3.8) is 0 Å². The molecule has 0 saturated carbocycles. The average molecular weight is 435 g/mol. The minimum atomic E-state index is -5.13. The Bertz CT molecular complexity index is 1160. The van der Waals surface area contributed by atoms with Crippen LogP contribution in [0.15, 0.2) is 52.3 Å². The zero-order valence-electron chi connectivity index (χ0n) is 13.7. The normalized spacial score (nSPS) is 18.8. The lowest BCUT2D eigenvalue weighted by Gasteiger charge is -2.28. The predicted octanol–water partition coefficient (Wildman–Crippen LogP) is 1.27. The van der Waals surface area contributed by atoms with Crippen molar-refractivity contribution >= 4 is 31.5 Å². The van der Waals surface area contributed by atoms with Crippen LogP contribution in [0.2, 0.25) is 0 Å². The fraction of sp³-hybridized carbons (Fsp3) is 0.133. The minimum absolute atomic E-state index is 0.114. The van der Waals surface area contributed by atoms with E-state index in [0.717, 1.165) is 0 Å². The molecule has 0 fully saturated rings. The number of alkyl halides is 3. The molecule has 1 atom stereocenters. The number of carbonyl (C=O) groups excluding carboxylic acids is 1. The third-order valence-electron chi connectivity index (χ3n) is 3.88. The lowest BCUT2D eigenvalue weighted by Crippen LogP contribution is -2.49. The first-order valence-electron chi connectivity index (χ1n) is 7.47. The van der Waals surface area contributed by atoms with Gasteiger partial charge in [0.15, 0.2) is 6.17 Å². The monoisotopic (exact) mass is 435 g/mol. The Hall–Kier alpha value is -2.48. The molecule has 0 amide bonds. The SMILES string of the molecule is NS(=O)(=O)c1cc2c(cc1C(F)(F)F)NC(C(=O)c1ccccc1)NS2(=O)=O. The number of Topliss-reactive ketones (excluding diaryl/α,β-unsaturated/α-hetero) is 1. The van der Waals surface area contributed by atoms with E-state index in [4.69, 9.17) is 5.14 Å². The number of anilines is 1. The number of benzene rings is 2. The summed E-state index contributed by atoms with van der Waals surface area (Å²) in [6, 6.07) is 8.09. The molecular weight excluding hydrogens is 423 g/mol. The van der Waals surface area contributed by atoms with Crippen molar-refractivity contribution in [1.82, 2.24) is 4.72 Å². The van der Waals surface area contributed by atoms with Crippen LogP contribution < -0.4 is 15.2 Å². The van der Waals surface area contributed by atoms with Crippen LogP contribution in [0.5, 0.6) is 0 Å². The topological polar surface area (TPSA) is 135 Å². The Morgan fingerprint density at radius 3 is 2.25 bits per heavy atom. The van der Waals surface area contributed by atoms with Crippen molar-refractivity contribution in [1.29, 1.82) is 0 Å². The van der Waals surface area contributed by atoms with Gasteiger partial charge >= 0.3 is 6.18 Å². The van der Waals surface area contributed by atoms with Crippen LogP contribution in [0, 0.1) is 0 Å². The summed E-state index contributed by atoms with van der Waals surface area (Å²) in [5.41, 5.74) is -2.11. The molecular formula is C15H12F3N3O5S2. The molecule has 3 rings (SSSR count). The highest BCUT2D eigenvalue weighted by atomic mass is 32.2. The van der Waals surface area contributed by atoms with Crippen LogP contribution in [0.1, 0.15) is 15.9 Å². The fourth-order valence-corrected chi connectivity index (χ4v) is 4.77. The molecule has 13 heteroatoms. The first-order valence-corrected chi connectivity index (χ1v) is 10.5. The number of ketones is 1. The molecule has 4 N–H and O–H groups in total. The van der Waals surface area contributed by atoms with E-state index >= 15 is 0 Å². The van der Waals surface area contributed by atoms with Crippen molar-refractivity contribution in [2.75, 3.05) is 5.32 Å². The largest absolute Gasteiger partial charge is 0.417 e. The van der Waals surface area contributed by atoms with E-state index < -0.39 is 59.2 Å². The van der Waals surface area contributed by atoms with E-state index in [-0.39, 0.29) is 5.56 Å². The zero-order chi connectivity index (χ0) is 20.9. The molecule has 0 radical (unpaired) electrons. The molecule has 1 aliphatic heterocycles. The van der Waals surface area contributed by atoms with Gasteiger partial charge in [0.25, 0.3) is 0 Å². The maximum Gasteiger partial charge on any atom is 0.417 e. The van der Waals surface area contributed by atoms with E-state index in [1.165, 1.54) is 24.3 Å². The highest BCUT2D eigenvalue weighted by Crippen LogP contribution is 2.39. The van der Waals surface area contributed by atoms with Gasteiger partial charge < -0.3 is 5.32 Å². The van der Waals surface area contributed by atoms with Crippen molar-refractivity contribution in [2.45, 2.75) is 22.1 Å². The molecule has 0 bridgehead atoms. The summed E-state index contributed by atoms with van der Waals surface area (Å²) in [4.78, 5) is 10.3. The lowest BCUT2D eigenvalue weighted by atomic mass is 10.1. The van der Waals surface area contributed by atoms with E-state index in [1.807, 2.05) is 4.72 Å². The lowest BCUT2D eigenvalue weighted by molar-refractivity contribution is -0.139. The van der Waals surface area contributed by atoms with Gasteiger partial charge in [-0.3, -0.25) is 4.79 Å². The van der Waals surface area contributed by atoms with Gasteiger partial charge in [0.05, 0.1) is 16.1 Å². The van der Waals surface area contributed by atoms with E-state index in [0.29, 0.717) is 12.1 Å². The number of halogens is 3. The van der Waals surface area contributed by atoms with Gasteiger partial charge in [0.2, 0.25) is 25.8 Å². The Morgan fingerprint density at radius 2 is 1.71 bits per heavy atom. The van der Waals surface area contributed by atoms with Crippen LogP contribution in [-0.4, -0.2) is 28.8 Å². The highest BCUT2D eigenvalue weighted by Gasteiger charge is 2.41. The van der Waals surface area contributed by atoms with Crippen LogP contribution in [0.3, 0.4) is 0 Å². The van der Waals surface area contributed by atoms with Gasteiger partial charge in [-0.1, -0.05) is 30.3 Å². The third kappa shape index (κ3) is 3.73. The van der Waals surface area contributed by atoms with Crippen molar-refractivity contribution < 1.29 is 34.8 Å². The summed E-state index contributed by atoms with van der Waals surface area (Å²) in [6.45, 7) is 0. The van der Waals surface area contributed by atoms with E-state index in [2.05, 4.69) is 5.32 Å². The quantitative estimate of drug-likeness (QED) is 0.622. The van der Waals surface area contributed by atoms with Gasteiger partial charge in [-0.15, -0.1) is 0 Å². The summed E-state index contributed by atoms with van der Waals surface area (Å²) in [7, 11) is -9.39. The van der Waals surface area contributed by atoms with E-state index in [9.17, 15) is 34.8 Å². The van der Waals surface area contributed by atoms with Crippen LogP contribution in [0.25, 0.3) is 0 Å². The second-order valence-electron chi connectivity index (χ2n) is 5.82. The summed E-state index contributed by atoms with van der Waals surface area (Å²) in [5, 5.41) is 7.18. The van der Waals surface area contributed by atoms with Crippen LogP contribution in [0.4, 0.5) is 18.9 Å². The van der Waals surface area contributed by atoms with Crippen molar-refractivity contribution in [3.05, 3.63) is 53.6 Å². The molecule has 1 heterocycles. The number of nitrogens with two attached hydrogens (primary N) is 1. The molecule has 8 nitrogen and oxygen atoms in total. The van der Waals surface area contributed by atoms with Crippen LogP contribution in [-0.2, 0) is 26.2 Å². The summed E-state index contributed by atoms with van der Waals surface area (Å²) < 4.78 is 89.8. The molecule has 0 aliphatic carbocycles. The smallest absolute Gasteiger partial charge is 0.361 e. The molecule has 1 aliphatic rings. The maximum atomic E-state index is 13.3. The Labute approximate surface area is 157 Å². The highest BCUT2D eigenvalue weighted by molar-refractivity contribution is 7.90. The molecule has 0 aromatic heterocycles. The zero-order valence-corrected chi connectivity index (χ0v) is 15.3. The van der Waals surface area contributed by atoms with Crippen molar-refractivity contribution in [2.24, 2.45) is 5.14 Å². The summed E-state index contributed by atoms with van der Waals surface area (Å²) in [5.74, 6) is -0.737. The van der Waals surface area contributed by atoms with Crippen LogP contribution >= 0.6 is 0 Å². The number of primary sulfonamides is 1. The number of hydrogen-bond donors (Lipinski definition) is 3. The predicted molar refractivity (Wildman–Crippen MR) is 91.3 cm³/mol. The molecule has 28 heavy (non-hydrogen) atoms. The number of hydrogen-bond acceptors (Lipinski definition) is 6. The molecule has 0 spiro atoms. The molecule has 2 aromatic carbocycles. The van der Waals surface area contributed by atoms with Gasteiger partial charge in [-0.05, 0) is 12.1 Å². The first-order chi connectivity index (χ1) is 12.8. The minimum Gasteiger partial charge on any atom is -0.361 e. The molecule has 150 valence electrons. The first kappa shape index (κ1) is 20.3. The number of fused-ring (bicyclic) bond motifs is 1. The fourth-order valence-electron chi connectivity index (χ4n) is 2.64. The number of carbonyl (C=O) groups is 1. The van der Waals surface area contributed by atoms with E-state index in [1.54, 1.807) is 6.07 Å². The van der Waals surface area contributed by atoms with Gasteiger partial charge in [-0.25, -0.2) is 22.0 Å². The maximum absolute atomic E-state index is 13.3. The van der Waals surface area contributed by atoms with Gasteiger partial charge in [0, 0.05) is 5.56 Å². The second-order valence-corrected chi connectivity index (χ2v) is 9.03. The standard InChI is InChI=1S/C15H12F3N3O5S2/c16-15(17,18)9-6-10-12(7-11(9)27(19,23)24)28(25,26)21-14(20-10)13(22)8-4-2-1-3-5-8/h1-7,14,20-21H,(H2,19,23,24). The van der Waals surface area contributed by atoms with Gasteiger partial charge in [-0.2, -0.15) is 17.9 Å². The molecule has 2 aromatic rings.